The molecule has 1 unspecified atom stereocenters. The molecule has 0 aromatic heterocycles. The molecule has 6 nitrogen and oxygen atoms in total. The molecule has 2 rings (SSSR count). The van der Waals surface area contributed by atoms with Crippen LogP contribution in [-0.2, 0) is 4.79 Å². The first-order chi connectivity index (χ1) is 11.9. The summed E-state index contributed by atoms with van der Waals surface area (Å²) in [6.07, 6.45) is -0.914. The summed E-state index contributed by atoms with van der Waals surface area (Å²) in [4.78, 5) is 10.7. The van der Waals surface area contributed by atoms with Gasteiger partial charge in [0.05, 0.1) is 18.2 Å². The van der Waals surface area contributed by atoms with Crippen molar-refractivity contribution >= 4 is 29.2 Å². The summed E-state index contributed by atoms with van der Waals surface area (Å²) in [5, 5.41) is 25.0. The maximum Gasteiger partial charge on any atom is 0.344 e. The van der Waals surface area contributed by atoms with Crippen LogP contribution in [0.4, 0.5) is 0 Å². The molecule has 0 amide bonds. The Morgan fingerprint density at radius 2 is 1.60 bits per heavy atom. The summed E-state index contributed by atoms with van der Waals surface area (Å²) >= 11 is 11.8. The SMILES string of the molecule is CC(Oc1ccc(Oc2ccc(Cl)cc2Cl)cc1)C(=O)O.OCCO. The van der Waals surface area contributed by atoms with E-state index in [9.17, 15) is 4.79 Å². The molecule has 0 heterocycles. The highest BCUT2D eigenvalue weighted by Gasteiger charge is 2.12. The Balaban J connectivity index is 0.000000705. The zero-order valence-corrected chi connectivity index (χ0v) is 14.9. The third-order valence-corrected chi connectivity index (χ3v) is 3.24. The highest BCUT2D eigenvalue weighted by molar-refractivity contribution is 6.35. The van der Waals surface area contributed by atoms with Gasteiger partial charge in [-0.2, -0.15) is 0 Å². The molecular weight excluding hydrogens is 371 g/mol. The number of hydrogen-bond acceptors (Lipinski definition) is 5. The molecule has 2 aromatic carbocycles. The van der Waals surface area contributed by atoms with E-state index in [0.29, 0.717) is 27.3 Å². The van der Waals surface area contributed by atoms with Crippen LogP contribution in [0, 0.1) is 0 Å². The Bertz CT molecular complexity index is 673. The fourth-order valence-corrected chi connectivity index (χ4v) is 1.97. The van der Waals surface area contributed by atoms with Crippen molar-refractivity contribution in [2.75, 3.05) is 13.2 Å². The number of carbonyl (C=O) groups is 1. The van der Waals surface area contributed by atoms with Crippen molar-refractivity contribution in [2.45, 2.75) is 13.0 Å². The van der Waals surface area contributed by atoms with Crippen LogP contribution in [0.25, 0.3) is 0 Å². The molecule has 0 aliphatic carbocycles. The van der Waals surface area contributed by atoms with Crippen molar-refractivity contribution in [3.05, 3.63) is 52.5 Å². The van der Waals surface area contributed by atoms with E-state index in [2.05, 4.69) is 0 Å². The smallest absolute Gasteiger partial charge is 0.344 e. The van der Waals surface area contributed by atoms with E-state index in [4.69, 9.17) is 48.0 Å². The molecule has 0 saturated carbocycles. The summed E-state index contributed by atoms with van der Waals surface area (Å²) in [5.41, 5.74) is 0. The second kappa shape index (κ2) is 10.8. The number of ether oxygens (including phenoxy) is 2. The molecule has 0 spiro atoms. The van der Waals surface area contributed by atoms with Crippen molar-refractivity contribution in [1.82, 2.24) is 0 Å². The largest absolute Gasteiger partial charge is 0.479 e. The first kappa shape index (κ1) is 21.1. The van der Waals surface area contributed by atoms with E-state index in [1.165, 1.54) is 6.92 Å². The number of carboxylic acid groups (broad SMARTS) is 1. The predicted molar refractivity (Wildman–Crippen MR) is 94.9 cm³/mol. The molecule has 3 N–H and O–H groups in total. The number of carboxylic acids is 1. The van der Waals surface area contributed by atoms with Gasteiger partial charge in [0.15, 0.2) is 6.10 Å². The van der Waals surface area contributed by atoms with Crippen molar-refractivity contribution in [3.63, 3.8) is 0 Å². The first-order valence-electron chi connectivity index (χ1n) is 7.21. The number of rotatable bonds is 6. The van der Waals surface area contributed by atoms with Gasteiger partial charge in [0.25, 0.3) is 0 Å². The summed E-state index contributed by atoms with van der Waals surface area (Å²) in [6.45, 7) is 1.21. The fourth-order valence-electron chi connectivity index (χ4n) is 1.53. The second-order valence-corrected chi connectivity index (χ2v) is 5.54. The zero-order chi connectivity index (χ0) is 18.8. The lowest BCUT2D eigenvalue weighted by atomic mass is 10.3. The van der Waals surface area contributed by atoms with Crippen molar-refractivity contribution < 1.29 is 29.6 Å². The van der Waals surface area contributed by atoms with Gasteiger partial charge in [0.2, 0.25) is 0 Å². The van der Waals surface area contributed by atoms with Gasteiger partial charge >= 0.3 is 5.97 Å². The number of hydrogen-bond donors (Lipinski definition) is 3. The van der Waals surface area contributed by atoms with Crippen molar-refractivity contribution in [1.29, 1.82) is 0 Å². The van der Waals surface area contributed by atoms with Gasteiger partial charge in [-0.25, -0.2) is 4.79 Å². The standard InChI is InChI=1S/C15H12Cl2O4.C2H6O2/c1-9(15(18)19)20-11-3-5-12(6-4-11)21-14-7-2-10(16)8-13(14)17;3-1-2-4/h2-9H,1H3,(H,18,19);3-4H,1-2H2. The van der Waals surface area contributed by atoms with E-state index >= 15 is 0 Å². The van der Waals surface area contributed by atoms with E-state index in [0.717, 1.165) is 0 Å². The van der Waals surface area contributed by atoms with Gasteiger partial charge in [-0.3, -0.25) is 0 Å². The van der Waals surface area contributed by atoms with Crippen molar-refractivity contribution in [3.8, 4) is 17.2 Å². The molecule has 0 bridgehead atoms. The van der Waals surface area contributed by atoms with Crippen LogP contribution in [0.15, 0.2) is 42.5 Å². The van der Waals surface area contributed by atoms with Gasteiger partial charge < -0.3 is 24.8 Å². The Morgan fingerprint density at radius 1 is 1.04 bits per heavy atom. The molecule has 136 valence electrons. The van der Waals surface area contributed by atoms with E-state index in [1.54, 1.807) is 42.5 Å². The molecular formula is C17H18Cl2O6. The van der Waals surface area contributed by atoms with Crippen LogP contribution in [0.5, 0.6) is 17.2 Å². The van der Waals surface area contributed by atoms with Crippen LogP contribution >= 0.6 is 23.2 Å². The molecule has 2 aromatic rings. The minimum Gasteiger partial charge on any atom is -0.479 e. The van der Waals surface area contributed by atoms with Crippen LogP contribution in [0.3, 0.4) is 0 Å². The molecule has 0 aliphatic rings. The molecule has 0 radical (unpaired) electrons. The Hall–Kier alpha value is -1.99. The Morgan fingerprint density at radius 3 is 2.08 bits per heavy atom. The zero-order valence-electron chi connectivity index (χ0n) is 13.4. The van der Waals surface area contributed by atoms with Gasteiger partial charge in [0, 0.05) is 5.02 Å². The summed E-state index contributed by atoms with van der Waals surface area (Å²) in [5.74, 6) is 0.450. The fraction of sp³-hybridized carbons (Fsp3) is 0.235. The topological polar surface area (TPSA) is 96.2 Å². The lowest BCUT2D eigenvalue weighted by molar-refractivity contribution is -0.144. The molecule has 0 fully saturated rings. The quantitative estimate of drug-likeness (QED) is 0.699. The number of benzene rings is 2. The van der Waals surface area contributed by atoms with Crippen LogP contribution in [0.2, 0.25) is 10.0 Å². The average molecular weight is 389 g/mol. The average Bonchev–Trinajstić information content (AvgIpc) is 2.59. The van der Waals surface area contributed by atoms with Gasteiger partial charge in [-0.15, -0.1) is 0 Å². The minimum atomic E-state index is -1.02. The Labute approximate surface area is 155 Å². The van der Waals surface area contributed by atoms with Crippen LogP contribution in [0.1, 0.15) is 6.92 Å². The highest BCUT2D eigenvalue weighted by atomic mass is 35.5. The lowest BCUT2D eigenvalue weighted by Gasteiger charge is -2.11. The summed E-state index contributed by atoms with van der Waals surface area (Å²) < 4.78 is 10.8. The second-order valence-electron chi connectivity index (χ2n) is 4.69. The molecule has 8 heteroatoms. The molecule has 0 saturated heterocycles. The molecule has 25 heavy (non-hydrogen) atoms. The third kappa shape index (κ3) is 7.62. The summed E-state index contributed by atoms with van der Waals surface area (Å²) in [6, 6.07) is 11.5. The van der Waals surface area contributed by atoms with Crippen LogP contribution < -0.4 is 9.47 Å². The first-order valence-corrected chi connectivity index (χ1v) is 7.97. The number of aliphatic hydroxyl groups is 2. The number of halogens is 2. The lowest BCUT2D eigenvalue weighted by Crippen LogP contribution is -2.22. The highest BCUT2D eigenvalue weighted by Crippen LogP contribution is 2.32. The third-order valence-electron chi connectivity index (χ3n) is 2.71. The van der Waals surface area contributed by atoms with Gasteiger partial charge in [-0.1, -0.05) is 23.2 Å². The number of aliphatic hydroxyl groups excluding tert-OH is 2. The van der Waals surface area contributed by atoms with Gasteiger partial charge in [-0.05, 0) is 49.4 Å². The van der Waals surface area contributed by atoms with Gasteiger partial charge in [0.1, 0.15) is 17.2 Å². The van der Waals surface area contributed by atoms with Crippen molar-refractivity contribution in [2.24, 2.45) is 0 Å². The maximum atomic E-state index is 10.7. The Kier molecular flexibility index (Phi) is 9.08. The summed E-state index contributed by atoms with van der Waals surface area (Å²) in [7, 11) is 0. The van der Waals surface area contributed by atoms with E-state index in [-0.39, 0.29) is 13.2 Å². The predicted octanol–water partition coefficient (Wildman–Crippen LogP) is 3.61. The van der Waals surface area contributed by atoms with E-state index < -0.39 is 12.1 Å². The van der Waals surface area contributed by atoms with E-state index in [1.807, 2.05) is 0 Å². The molecule has 1 atom stereocenters. The van der Waals surface area contributed by atoms with Crippen LogP contribution in [-0.4, -0.2) is 40.6 Å². The minimum absolute atomic E-state index is 0.125. The monoisotopic (exact) mass is 388 g/mol. The maximum absolute atomic E-state index is 10.7. The number of aliphatic carboxylic acids is 1. The normalized spacial score (nSPS) is 11.1. The molecule has 0 aliphatic heterocycles.